The number of halogens is 2. The zero-order chi connectivity index (χ0) is 13.9. The Morgan fingerprint density at radius 1 is 1.00 bits per heavy atom. The van der Waals surface area contributed by atoms with Crippen molar-refractivity contribution in [3.8, 4) is 0 Å². The minimum atomic E-state index is 0.665. The quantitative estimate of drug-likeness (QED) is 0.748. The van der Waals surface area contributed by atoms with Crippen LogP contribution in [0, 0.1) is 0 Å². The number of hydrogen-bond donors (Lipinski definition) is 1. The van der Waals surface area contributed by atoms with Gasteiger partial charge in [0, 0.05) is 34.1 Å². The van der Waals surface area contributed by atoms with Crippen molar-refractivity contribution in [3.63, 3.8) is 0 Å². The Bertz CT molecular complexity index is 761. The van der Waals surface area contributed by atoms with E-state index in [1.807, 2.05) is 36.4 Å². The lowest BCUT2D eigenvalue weighted by molar-refractivity contribution is 1.15. The van der Waals surface area contributed by atoms with Crippen molar-refractivity contribution in [2.24, 2.45) is 0 Å². The van der Waals surface area contributed by atoms with E-state index in [1.165, 1.54) is 0 Å². The van der Waals surface area contributed by atoms with Crippen LogP contribution < -0.4 is 5.32 Å². The van der Waals surface area contributed by atoms with Gasteiger partial charge in [0.15, 0.2) is 0 Å². The second kappa shape index (κ2) is 5.77. The third-order valence-corrected chi connectivity index (χ3v) is 3.81. The molecule has 0 aliphatic carbocycles. The number of fused-ring (bicyclic) bond motifs is 1. The second-order valence-corrected chi connectivity index (χ2v) is 5.67. The lowest BCUT2D eigenvalue weighted by atomic mass is 10.2. The summed E-state index contributed by atoms with van der Waals surface area (Å²) in [5.74, 6) is 0. The highest BCUT2D eigenvalue weighted by Crippen LogP contribution is 2.23. The number of aromatic nitrogens is 2. The summed E-state index contributed by atoms with van der Waals surface area (Å²) in [6.07, 6.45) is 3.38. The molecule has 20 heavy (non-hydrogen) atoms. The Hall–Kier alpha value is -1.65. The SMILES string of the molecule is Clc1cc(Br)ccc1CNc1ccc2nccnc2c1. The van der Waals surface area contributed by atoms with Crippen LogP contribution in [0.25, 0.3) is 11.0 Å². The maximum Gasteiger partial charge on any atom is 0.0907 e. The van der Waals surface area contributed by atoms with E-state index in [4.69, 9.17) is 11.6 Å². The molecule has 100 valence electrons. The molecule has 0 aliphatic heterocycles. The van der Waals surface area contributed by atoms with Gasteiger partial charge in [-0.05, 0) is 35.9 Å². The predicted octanol–water partition coefficient (Wildman–Crippen LogP) is 4.66. The molecule has 0 atom stereocenters. The van der Waals surface area contributed by atoms with Crippen molar-refractivity contribution in [3.05, 3.63) is 63.9 Å². The maximum atomic E-state index is 6.20. The lowest BCUT2D eigenvalue weighted by Crippen LogP contribution is -2.00. The molecule has 5 heteroatoms. The first-order valence-corrected chi connectivity index (χ1v) is 7.28. The Morgan fingerprint density at radius 3 is 2.60 bits per heavy atom. The molecule has 1 N–H and O–H groups in total. The number of anilines is 1. The molecule has 3 rings (SSSR count). The van der Waals surface area contributed by atoms with E-state index in [0.717, 1.165) is 31.8 Å². The summed E-state index contributed by atoms with van der Waals surface area (Å²) in [7, 11) is 0. The van der Waals surface area contributed by atoms with E-state index in [2.05, 4.69) is 31.2 Å². The largest absolute Gasteiger partial charge is 0.381 e. The van der Waals surface area contributed by atoms with Gasteiger partial charge in [-0.2, -0.15) is 0 Å². The Morgan fingerprint density at radius 2 is 1.80 bits per heavy atom. The maximum absolute atomic E-state index is 6.20. The Balaban J connectivity index is 1.79. The standard InChI is InChI=1S/C15H11BrClN3/c16-11-2-1-10(13(17)7-11)9-20-12-3-4-14-15(8-12)19-6-5-18-14/h1-8,20H,9H2. The number of nitrogens with one attached hydrogen (secondary N) is 1. The molecule has 0 unspecified atom stereocenters. The van der Waals surface area contributed by atoms with Gasteiger partial charge in [-0.15, -0.1) is 0 Å². The van der Waals surface area contributed by atoms with Crippen LogP contribution in [0.2, 0.25) is 5.02 Å². The average molecular weight is 349 g/mol. The smallest absolute Gasteiger partial charge is 0.0907 e. The number of benzene rings is 2. The molecule has 1 aromatic heterocycles. The van der Waals surface area contributed by atoms with Crippen LogP contribution in [0.4, 0.5) is 5.69 Å². The van der Waals surface area contributed by atoms with Crippen molar-refractivity contribution >= 4 is 44.3 Å². The van der Waals surface area contributed by atoms with Crippen molar-refractivity contribution in [1.82, 2.24) is 9.97 Å². The summed E-state index contributed by atoms with van der Waals surface area (Å²) < 4.78 is 0.979. The highest BCUT2D eigenvalue weighted by atomic mass is 79.9. The van der Waals surface area contributed by atoms with Gasteiger partial charge in [0.05, 0.1) is 11.0 Å². The number of rotatable bonds is 3. The first-order valence-electron chi connectivity index (χ1n) is 6.11. The van der Waals surface area contributed by atoms with Crippen molar-refractivity contribution < 1.29 is 0 Å². The van der Waals surface area contributed by atoms with Crippen LogP contribution in [0.1, 0.15) is 5.56 Å². The van der Waals surface area contributed by atoms with E-state index in [0.29, 0.717) is 6.54 Å². The molecule has 0 bridgehead atoms. The molecule has 0 fully saturated rings. The Labute approximate surface area is 130 Å². The zero-order valence-corrected chi connectivity index (χ0v) is 12.8. The molecule has 3 aromatic rings. The number of nitrogens with zero attached hydrogens (tertiary/aromatic N) is 2. The first-order chi connectivity index (χ1) is 9.72. The summed E-state index contributed by atoms with van der Waals surface area (Å²) in [6.45, 7) is 0.665. The fourth-order valence-corrected chi connectivity index (χ4v) is 2.68. The van der Waals surface area contributed by atoms with Gasteiger partial charge in [0.25, 0.3) is 0 Å². The van der Waals surface area contributed by atoms with Crippen LogP contribution in [-0.4, -0.2) is 9.97 Å². The van der Waals surface area contributed by atoms with E-state index in [-0.39, 0.29) is 0 Å². The third kappa shape index (κ3) is 2.92. The van der Waals surface area contributed by atoms with E-state index < -0.39 is 0 Å². The monoisotopic (exact) mass is 347 g/mol. The van der Waals surface area contributed by atoms with Gasteiger partial charge in [-0.3, -0.25) is 9.97 Å². The molecule has 0 aliphatic rings. The summed E-state index contributed by atoms with van der Waals surface area (Å²) in [5.41, 5.74) is 3.81. The van der Waals surface area contributed by atoms with Gasteiger partial charge in [0.1, 0.15) is 0 Å². The van der Waals surface area contributed by atoms with Gasteiger partial charge in [-0.1, -0.05) is 33.6 Å². The van der Waals surface area contributed by atoms with Crippen molar-refractivity contribution in [1.29, 1.82) is 0 Å². The van der Waals surface area contributed by atoms with E-state index >= 15 is 0 Å². The van der Waals surface area contributed by atoms with Crippen molar-refractivity contribution in [2.45, 2.75) is 6.54 Å². The molecular formula is C15H11BrClN3. The van der Waals surface area contributed by atoms with Gasteiger partial charge < -0.3 is 5.32 Å². The topological polar surface area (TPSA) is 37.8 Å². The summed E-state index contributed by atoms with van der Waals surface area (Å²) >= 11 is 9.60. The minimum absolute atomic E-state index is 0.665. The highest BCUT2D eigenvalue weighted by Gasteiger charge is 2.02. The third-order valence-electron chi connectivity index (χ3n) is 2.97. The predicted molar refractivity (Wildman–Crippen MR) is 86.0 cm³/mol. The first kappa shape index (κ1) is 13.3. The molecule has 0 saturated carbocycles. The average Bonchev–Trinajstić information content (AvgIpc) is 2.46. The van der Waals surface area contributed by atoms with E-state index in [9.17, 15) is 0 Å². The summed E-state index contributed by atoms with van der Waals surface area (Å²) in [4.78, 5) is 8.54. The highest BCUT2D eigenvalue weighted by molar-refractivity contribution is 9.10. The second-order valence-electron chi connectivity index (χ2n) is 4.35. The summed E-state index contributed by atoms with van der Waals surface area (Å²) in [6, 6.07) is 11.8. The van der Waals surface area contributed by atoms with Crippen LogP contribution in [0.15, 0.2) is 53.3 Å². The minimum Gasteiger partial charge on any atom is -0.381 e. The molecule has 0 radical (unpaired) electrons. The molecule has 0 saturated heterocycles. The van der Waals surface area contributed by atoms with Crippen molar-refractivity contribution in [2.75, 3.05) is 5.32 Å². The number of hydrogen-bond acceptors (Lipinski definition) is 3. The van der Waals surface area contributed by atoms with Crippen LogP contribution >= 0.6 is 27.5 Å². The van der Waals surface area contributed by atoms with Crippen LogP contribution in [-0.2, 0) is 6.54 Å². The molecular weight excluding hydrogens is 338 g/mol. The molecule has 2 aromatic carbocycles. The zero-order valence-electron chi connectivity index (χ0n) is 10.5. The lowest BCUT2D eigenvalue weighted by Gasteiger charge is -2.09. The van der Waals surface area contributed by atoms with Gasteiger partial charge in [-0.25, -0.2) is 0 Å². The normalized spacial score (nSPS) is 10.7. The van der Waals surface area contributed by atoms with E-state index in [1.54, 1.807) is 12.4 Å². The fourth-order valence-electron chi connectivity index (χ4n) is 1.94. The van der Waals surface area contributed by atoms with Crippen LogP contribution in [0.3, 0.4) is 0 Å². The fraction of sp³-hybridized carbons (Fsp3) is 0.0667. The summed E-state index contributed by atoms with van der Waals surface area (Å²) in [5, 5.41) is 4.09. The van der Waals surface area contributed by atoms with Gasteiger partial charge in [0.2, 0.25) is 0 Å². The van der Waals surface area contributed by atoms with Gasteiger partial charge >= 0.3 is 0 Å². The molecule has 1 heterocycles. The van der Waals surface area contributed by atoms with Crippen LogP contribution in [0.5, 0.6) is 0 Å². The Kier molecular flexibility index (Phi) is 3.85. The molecule has 0 spiro atoms. The molecule has 3 nitrogen and oxygen atoms in total. The molecule has 0 amide bonds.